The predicted molar refractivity (Wildman–Crippen MR) is 57.5 cm³/mol. The van der Waals surface area contributed by atoms with Crippen LogP contribution in [0.2, 0.25) is 0 Å². The number of imidazole rings is 1. The van der Waals surface area contributed by atoms with E-state index >= 15 is 0 Å². The van der Waals surface area contributed by atoms with Gasteiger partial charge in [-0.05, 0) is 0 Å². The van der Waals surface area contributed by atoms with Gasteiger partial charge in [0.2, 0.25) is 5.95 Å². The average molecular weight is 226 g/mol. The molecule has 2 aromatic rings. The van der Waals surface area contributed by atoms with Crippen molar-refractivity contribution >= 4 is 11.6 Å². The molecule has 0 fully saturated rings. The number of fused-ring (bicyclic) bond motifs is 1. The zero-order valence-electron chi connectivity index (χ0n) is 8.69. The summed E-state index contributed by atoms with van der Waals surface area (Å²) in [6.45, 7) is 0.719. The van der Waals surface area contributed by atoms with E-state index < -0.39 is 0 Å². The van der Waals surface area contributed by atoms with Gasteiger partial charge in [0, 0.05) is 0 Å². The molecule has 88 valence electrons. The molecule has 0 atom stereocenters. The summed E-state index contributed by atoms with van der Waals surface area (Å²) in [5.74, 6) is 0.356. The standard InChI is InChI=1S/C8H14N6O2/c9-8-10-5-7-13(8)6-11-14(7)12(1-3-15)2-4-16/h5-6,15-16H,1-4H2,(H2,9,10). The number of hydrogen-bond acceptors (Lipinski definition) is 6. The normalized spacial score (nSPS) is 11.1. The highest BCUT2D eigenvalue weighted by molar-refractivity contribution is 5.44. The molecule has 0 amide bonds. The Morgan fingerprint density at radius 1 is 1.31 bits per heavy atom. The van der Waals surface area contributed by atoms with E-state index in [0.29, 0.717) is 24.7 Å². The molecule has 0 aliphatic heterocycles. The van der Waals surface area contributed by atoms with Crippen molar-refractivity contribution in [2.45, 2.75) is 0 Å². The van der Waals surface area contributed by atoms with Crippen molar-refractivity contribution in [2.75, 3.05) is 37.0 Å². The van der Waals surface area contributed by atoms with Crippen molar-refractivity contribution in [3.63, 3.8) is 0 Å². The van der Waals surface area contributed by atoms with E-state index in [4.69, 9.17) is 15.9 Å². The Bertz CT molecular complexity index is 458. The zero-order valence-corrected chi connectivity index (χ0v) is 8.69. The highest BCUT2D eigenvalue weighted by Gasteiger charge is 2.11. The van der Waals surface area contributed by atoms with Gasteiger partial charge in [-0.1, -0.05) is 0 Å². The maximum Gasteiger partial charge on any atom is 0.207 e. The molecule has 0 saturated heterocycles. The molecule has 8 nitrogen and oxygen atoms in total. The Kier molecular flexibility index (Phi) is 2.93. The third kappa shape index (κ3) is 1.68. The molecule has 0 aliphatic rings. The largest absolute Gasteiger partial charge is 0.394 e. The Labute approximate surface area is 91.5 Å². The number of aromatic nitrogens is 4. The molecule has 0 aromatic carbocycles. The third-order valence-corrected chi connectivity index (χ3v) is 2.27. The molecule has 0 spiro atoms. The van der Waals surface area contributed by atoms with Crippen LogP contribution >= 0.6 is 0 Å². The summed E-state index contributed by atoms with van der Waals surface area (Å²) in [4.78, 5) is 5.51. The minimum atomic E-state index is -0.0182. The van der Waals surface area contributed by atoms with Crippen molar-refractivity contribution in [2.24, 2.45) is 0 Å². The van der Waals surface area contributed by atoms with Crippen LogP contribution in [-0.2, 0) is 0 Å². The fourth-order valence-electron chi connectivity index (χ4n) is 1.54. The number of rotatable bonds is 5. The molecule has 0 unspecified atom stereocenters. The van der Waals surface area contributed by atoms with Crippen LogP contribution in [0.4, 0.5) is 5.95 Å². The van der Waals surface area contributed by atoms with Crippen LogP contribution in [0.15, 0.2) is 12.5 Å². The fraction of sp³-hybridized carbons (Fsp3) is 0.500. The van der Waals surface area contributed by atoms with Crippen LogP contribution < -0.4 is 10.7 Å². The van der Waals surface area contributed by atoms with E-state index in [1.807, 2.05) is 0 Å². The van der Waals surface area contributed by atoms with E-state index in [1.54, 1.807) is 26.7 Å². The number of nitrogen functional groups attached to an aromatic ring is 1. The molecule has 8 heteroatoms. The Morgan fingerprint density at radius 2 is 2.00 bits per heavy atom. The second-order valence-electron chi connectivity index (χ2n) is 3.27. The van der Waals surface area contributed by atoms with Crippen LogP contribution in [0.5, 0.6) is 0 Å². The molecule has 0 saturated carbocycles. The van der Waals surface area contributed by atoms with E-state index in [2.05, 4.69) is 10.1 Å². The Hall–Kier alpha value is -1.80. The first-order valence-corrected chi connectivity index (χ1v) is 4.91. The molecular weight excluding hydrogens is 212 g/mol. The molecule has 0 bridgehead atoms. The van der Waals surface area contributed by atoms with Gasteiger partial charge in [-0.2, -0.15) is 4.79 Å². The van der Waals surface area contributed by atoms with Crippen molar-refractivity contribution in [3.8, 4) is 0 Å². The minimum absolute atomic E-state index is 0.0182. The monoisotopic (exact) mass is 226 g/mol. The molecule has 2 rings (SSSR count). The number of aliphatic hydroxyl groups is 2. The van der Waals surface area contributed by atoms with Crippen LogP contribution in [0.1, 0.15) is 0 Å². The van der Waals surface area contributed by atoms with E-state index in [1.165, 1.54) is 0 Å². The van der Waals surface area contributed by atoms with Gasteiger partial charge >= 0.3 is 0 Å². The van der Waals surface area contributed by atoms with Crippen LogP contribution in [-0.4, -0.2) is 55.8 Å². The van der Waals surface area contributed by atoms with Gasteiger partial charge in [-0.3, -0.25) is 9.41 Å². The van der Waals surface area contributed by atoms with Crippen LogP contribution in [0.25, 0.3) is 5.65 Å². The molecule has 2 aromatic heterocycles. The first kappa shape index (κ1) is 10.7. The molecule has 16 heavy (non-hydrogen) atoms. The van der Waals surface area contributed by atoms with E-state index in [9.17, 15) is 0 Å². The minimum Gasteiger partial charge on any atom is -0.394 e. The summed E-state index contributed by atoms with van der Waals surface area (Å²) < 4.78 is 1.63. The lowest BCUT2D eigenvalue weighted by atomic mass is 10.6. The molecule has 4 N–H and O–H groups in total. The van der Waals surface area contributed by atoms with Crippen molar-refractivity contribution in [3.05, 3.63) is 12.5 Å². The van der Waals surface area contributed by atoms with Gasteiger partial charge in [0.15, 0.2) is 5.65 Å². The first-order chi connectivity index (χ1) is 7.77. The second-order valence-corrected chi connectivity index (χ2v) is 3.27. The summed E-state index contributed by atoms with van der Waals surface area (Å²) in [5.41, 5.74) is 6.31. The molecule has 0 aliphatic carbocycles. The molecular formula is C8H14N6O2. The quantitative estimate of drug-likeness (QED) is 0.546. The van der Waals surface area contributed by atoms with Gasteiger partial charge in [0.1, 0.15) is 6.33 Å². The summed E-state index contributed by atoms with van der Waals surface area (Å²) >= 11 is 0. The number of anilines is 1. The van der Waals surface area contributed by atoms with Crippen molar-refractivity contribution in [1.82, 2.24) is 19.3 Å². The van der Waals surface area contributed by atoms with Crippen LogP contribution in [0.3, 0.4) is 0 Å². The van der Waals surface area contributed by atoms with Gasteiger partial charge < -0.3 is 15.9 Å². The lowest BCUT2D eigenvalue weighted by molar-refractivity contribution is 0.262. The summed E-state index contributed by atoms with van der Waals surface area (Å²) in [6, 6.07) is 0. The number of nitrogens with zero attached hydrogens (tertiary/aromatic N) is 5. The Morgan fingerprint density at radius 3 is 2.62 bits per heavy atom. The van der Waals surface area contributed by atoms with Gasteiger partial charge in [0.05, 0.1) is 32.5 Å². The first-order valence-electron chi connectivity index (χ1n) is 4.91. The van der Waals surface area contributed by atoms with Gasteiger partial charge in [-0.25, -0.2) is 4.98 Å². The zero-order chi connectivity index (χ0) is 11.5. The summed E-state index contributed by atoms with van der Waals surface area (Å²) in [7, 11) is 0. The van der Waals surface area contributed by atoms with E-state index in [0.717, 1.165) is 0 Å². The SMILES string of the molecule is Nc1ncc2n(N(CCO)CCO)ncn12. The smallest absolute Gasteiger partial charge is 0.207 e. The second kappa shape index (κ2) is 4.37. The fourth-order valence-corrected chi connectivity index (χ4v) is 1.54. The number of hydrogen-bond donors (Lipinski definition) is 3. The topological polar surface area (TPSA) is 105 Å². The summed E-state index contributed by atoms with van der Waals surface area (Å²) in [5, 5.41) is 23.7. The lowest BCUT2D eigenvalue weighted by Gasteiger charge is -2.22. The van der Waals surface area contributed by atoms with Gasteiger partial charge in [-0.15, -0.1) is 5.10 Å². The molecule has 2 heterocycles. The maximum absolute atomic E-state index is 8.93. The predicted octanol–water partition coefficient (Wildman–Crippen LogP) is -1.96. The molecule has 0 radical (unpaired) electrons. The average Bonchev–Trinajstić information content (AvgIpc) is 2.82. The van der Waals surface area contributed by atoms with E-state index in [-0.39, 0.29) is 13.2 Å². The third-order valence-electron chi connectivity index (χ3n) is 2.27. The van der Waals surface area contributed by atoms with Gasteiger partial charge in [0.25, 0.3) is 0 Å². The number of nitrogens with two attached hydrogens (primary N) is 1. The number of aliphatic hydroxyl groups excluding tert-OH is 2. The highest BCUT2D eigenvalue weighted by Crippen LogP contribution is 2.07. The van der Waals surface area contributed by atoms with Crippen molar-refractivity contribution in [1.29, 1.82) is 0 Å². The maximum atomic E-state index is 8.93. The Balaban J connectivity index is 2.35. The highest BCUT2D eigenvalue weighted by atomic mass is 16.3. The lowest BCUT2D eigenvalue weighted by Crippen LogP contribution is -2.40. The van der Waals surface area contributed by atoms with Crippen LogP contribution in [0, 0.1) is 0 Å². The van der Waals surface area contributed by atoms with Crippen molar-refractivity contribution < 1.29 is 10.2 Å². The summed E-state index contributed by atoms with van der Waals surface area (Å²) in [6.07, 6.45) is 3.13.